The van der Waals surface area contributed by atoms with Gasteiger partial charge in [0.1, 0.15) is 10.8 Å². The van der Waals surface area contributed by atoms with Crippen LogP contribution in [-0.4, -0.2) is 20.3 Å². The van der Waals surface area contributed by atoms with Crippen LogP contribution in [0.25, 0.3) is 10.9 Å². The Morgan fingerprint density at radius 3 is 2.31 bits per heavy atom. The van der Waals surface area contributed by atoms with Crippen molar-refractivity contribution >= 4 is 38.2 Å². The van der Waals surface area contributed by atoms with Gasteiger partial charge in [-0.05, 0) is 38.3 Å². The summed E-state index contributed by atoms with van der Waals surface area (Å²) in [7, 11) is 0. The van der Waals surface area contributed by atoms with Crippen LogP contribution < -0.4 is 4.72 Å². The molecule has 0 aliphatic rings. The summed E-state index contributed by atoms with van der Waals surface area (Å²) in [5.74, 6) is 0. The lowest BCUT2D eigenvalue weighted by atomic mass is 9.97. The highest BCUT2D eigenvalue weighted by Crippen LogP contribution is 2.34. The Bertz CT molecular complexity index is 765. The summed E-state index contributed by atoms with van der Waals surface area (Å²) in [6.07, 6.45) is -0.898. The van der Waals surface area contributed by atoms with Crippen molar-refractivity contribution in [2.24, 2.45) is 5.41 Å². The molecule has 2 atom stereocenters. The fourth-order valence-electron chi connectivity index (χ4n) is 2.73. The molecule has 1 N–H and O–H groups in total. The third-order valence-electron chi connectivity index (χ3n) is 3.90. The van der Waals surface area contributed by atoms with Crippen molar-refractivity contribution in [2.75, 3.05) is 0 Å². The molecule has 1 heterocycles. The van der Waals surface area contributed by atoms with E-state index in [1.807, 2.05) is 22.8 Å². The number of alkyl halides is 2. The van der Waals surface area contributed by atoms with E-state index in [2.05, 4.69) is 41.4 Å². The molecule has 0 radical (unpaired) electrons. The molecule has 1 aromatic heterocycles. The van der Waals surface area contributed by atoms with Gasteiger partial charge >= 0.3 is 0 Å². The molecule has 0 saturated carbocycles. The van der Waals surface area contributed by atoms with Crippen molar-refractivity contribution in [1.29, 1.82) is 0 Å². The van der Waals surface area contributed by atoms with Crippen LogP contribution in [0.3, 0.4) is 0 Å². The molecule has 0 bridgehead atoms. The monoisotopic (exact) mass is 448 g/mol. The second-order valence-electron chi connectivity index (χ2n) is 8.75. The van der Waals surface area contributed by atoms with E-state index < -0.39 is 28.6 Å². The zero-order chi connectivity index (χ0) is 19.9. The predicted molar refractivity (Wildman–Crippen MR) is 109 cm³/mol. The lowest BCUT2D eigenvalue weighted by molar-refractivity contribution is 0.109. The van der Waals surface area contributed by atoms with Crippen LogP contribution in [0.4, 0.5) is 8.78 Å². The number of nitrogens with one attached hydrogen (secondary N) is 1. The molecule has 0 saturated heterocycles. The minimum absolute atomic E-state index is 0.00643. The van der Waals surface area contributed by atoms with Gasteiger partial charge in [0.15, 0.2) is 0 Å². The molecular formula is C19H27BrF2N2OS. The van der Waals surface area contributed by atoms with Gasteiger partial charge in [0.05, 0.1) is 0 Å². The first-order valence-corrected chi connectivity index (χ1v) is 10.5. The molecule has 146 valence electrons. The topological polar surface area (TPSA) is 40.0 Å². The summed E-state index contributed by atoms with van der Waals surface area (Å²) < 4.78 is 45.1. The van der Waals surface area contributed by atoms with E-state index in [9.17, 15) is 13.3 Å². The van der Waals surface area contributed by atoms with Crippen molar-refractivity contribution in [3.05, 3.63) is 34.4 Å². The Morgan fingerprint density at radius 1 is 1.19 bits per heavy atom. The van der Waals surface area contributed by atoms with Gasteiger partial charge in [-0.1, -0.05) is 42.8 Å². The molecule has 1 unspecified atom stereocenters. The molecule has 0 fully saturated rings. The summed E-state index contributed by atoms with van der Waals surface area (Å²) in [4.78, 5) is 0. The van der Waals surface area contributed by atoms with E-state index >= 15 is 0 Å². The molecule has 2 rings (SSSR count). The van der Waals surface area contributed by atoms with E-state index in [1.54, 1.807) is 27.0 Å². The summed E-state index contributed by atoms with van der Waals surface area (Å²) in [6.45, 7) is 12.3. The second kappa shape index (κ2) is 7.78. The maximum atomic E-state index is 13.9. The summed E-state index contributed by atoms with van der Waals surface area (Å²) in [6, 6.07) is 4.33. The van der Waals surface area contributed by atoms with Gasteiger partial charge in [0.2, 0.25) is 0 Å². The average molecular weight is 449 g/mol. The highest BCUT2D eigenvalue weighted by atomic mass is 79.9. The van der Waals surface area contributed by atoms with Gasteiger partial charge in [-0.15, -0.1) is 4.72 Å². The normalized spacial score (nSPS) is 15.7. The van der Waals surface area contributed by atoms with Crippen molar-refractivity contribution in [3.8, 4) is 0 Å². The van der Waals surface area contributed by atoms with Crippen LogP contribution in [0.15, 0.2) is 28.9 Å². The quantitative estimate of drug-likeness (QED) is 0.586. The Morgan fingerprint density at radius 2 is 1.81 bits per heavy atom. The maximum Gasteiger partial charge on any atom is 0.262 e. The first kappa shape index (κ1) is 21.7. The van der Waals surface area contributed by atoms with E-state index in [0.29, 0.717) is 12.1 Å². The number of nitrogens with zero attached hydrogens (tertiary/aromatic N) is 1. The van der Waals surface area contributed by atoms with Crippen LogP contribution in [0, 0.1) is 5.41 Å². The fourth-order valence-corrected chi connectivity index (χ4v) is 3.89. The highest BCUT2D eigenvalue weighted by Gasteiger charge is 2.35. The van der Waals surface area contributed by atoms with Crippen molar-refractivity contribution in [2.45, 2.75) is 65.3 Å². The molecular weight excluding hydrogens is 422 g/mol. The molecule has 26 heavy (non-hydrogen) atoms. The highest BCUT2D eigenvalue weighted by molar-refractivity contribution is 9.10. The van der Waals surface area contributed by atoms with Crippen LogP contribution in [0.1, 0.15) is 53.1 Å². The van der Waals surface area contributed by atoms with Crippen molar-refractivity contribution in [3.63, 3.8) is 0 Å². The van der Waals surface area contributed by atoms with Crippen LogP contribution >= 0.6 is 15.9 Å². The van der Waals surface area contributed by atoms with Gasteiger partial charge in [0, 0.05) is 45.0 Å². The lowest BCUT2D eigenvalue weighted by Gasteiger charge is -2.27. The number of hydrogen-bond donors (Lipinski definition) is 1. The molecule has 0 amide bonds. The molecule has 0 aliphatic carbocycles. The third-order valence-corrected chi connectivity index (χ3v) is 5.97. The largest absolute Gasteiger partial charge is 0.598 e. The smallest absolute Gasteiger partial charge is 0.262 e. The zero-order valence-corrected chi connectivity index (χ0v) is 18.5. The molecule has 0 aliphatic heterocycles. The second-order valence-corrected chi connectivity index (χ2v) is 11.7. The first-order valence-electron chi connectivity index (χ1n) is 8.54. The van der Waals surface area contributed by atoms with Gasteiger partial charge < -0.3 is 9.12 Å². The molecule has 3 nitrogen and oxygen atoms in total. The minimum atomic E-state index is -2.67. The first-order chi connectivity index (χ1) is 11.8. The zero-order valence-electron chi connectivity index (χ0n) is 16.1. The summed E-state index contributed by atoms with van der Waals surface area (Å²) >= 11 is 1.87. The van der Waals surface area contributed by atoms with E-state index in [-0.39, 0.29) is 5.41 Å². The van der Waals surface area contributed by atoms with Gasteiger partial charge in [-0.3, -0.25) is 0 Å². The number of aromatic nitrogens is 1. The molecule has 1 aromatic carbocycles. The van der Waals surface area contributed by atoms with Crippen LogP contribution in [0.5, 0.6) is 0 Å². The Kier molecular flexibility index (Phi) is 6.48. The van der Waals surface area contributed by atoms with Crippen molar-refractivity contribution < 1.29 is 13.3 Å². The molecule has 7 heteroatoms. The number of benzene rings is 1. The summed E-state index contributed by atoms with van der Waals surface area (Å²) in [5.41, 5.74) is 1.36. The van der Waals surface area contributed by atoms with Gasteiger partial charge in [0.25, 0.3) is 6.43 Å². The lowest BCUT2D eigenvalue weighted by Crippen LogP contribution is -2.43. The predicted octanol–water partition coefficient (Wildman–Crippen LogP) is 5.81. The van der Waals surface area contributed by atoms with E-state index in [0.717, 1.165) is 15.4 Å². The maximum absolute atomic E-state index is 13.9. The number of fused-ring (bicyclic) bond motifs is 1. The Balaban J connectivity index is 2.55. The SMILES string of the molecule is CC(C)(C)Cn1cc(C(N[S@@+]([O-])C(C)(C)C)C(F)F)c2ccc(Br)cc21. The summed E-state index contributed by atoms with van der Waals surface area (Å²) in [5, 5.41) is 0.751. The van der Waals surface area contributed by atoms with Gasteiger partial charge in [-0.25, -0.2) is 8.78 Å². The van der Waals surface area contributed by atoms with E-state index in [4.69, 9.17) is 0 Å². The number of halogens is 3. The van der Waals surface area contributed by atoms with Crippen LogP contribution in [0.2, 0.25) is 0 Å². The minimum Gasteiger partial charge on any atom is -0.598 e. The Hall–Kier alpha value is -0.630. The molecule has 0 spiro atoms. The fraction of sp³-hybridized carbons (Fsp3) is 0.579. The standard InChI is InChI=1S/C19H27BrF2N2OS/c1-18(2,3)11-24-10-14(13-8-7-12(20)9-15(13)24)16(17(21)22)23-26(25)19(4,5)6/h7-10,16-17,23H,11H2,1-6H3/t16?,26-/m0/s1. The van der Waals surface area contributed by atoms with E-state index in [1.165, 1.54) is 0 Å². The number of hydrogen-bond acceptors (Lipinski definition) is 2. The Labute approximate surface area is 166 Å². The third kappa shape index (κ3) is 5.21. The molecule has 2 aromatic rings. The van der Waals surface area contributed by atoms with Crippen molar-refractivity contribution in [1.82, 2.24) is 9.29 Å². The van der Waals surface area contributed by atoms with Crippen LogP contribution in [-0.2, 0) is 17.9 Å². The van der Waals surface area contributed by atoms with Gasteiger partial charge in [-0.2, -0.15) is 0 Å². The number of rotatable bonds is 5. The average Bonchev–Trinajstić information content (AvgIpc) is 2.79.